The van der Waals surface area contributed by atoms with Gasteiger partial charge in [-0.1, -0.05) is 72.8 Å². The molecule has 26 heavy (non-hydrogen) atoms. The molecule has 3 aromatic rings. The maximum Gasteiger partial charge on any atom is 0.187 e. The lowest BCUT2D eigenvalue weighted by atomic mass is 9.91. The number of ether oxygens (including phenoxy) is 1. The second kappa shape index (κ2) is 8.17. The number of rotatable bonds is 4. The Bertz CT molecular complexity index is 868. The van der Waals surface area contributed by atoms with Crippen molar-refractivity contribution in [2.24, 2.45) is 0 Å². The van der Waals surface area contributed by atoms with Crippen molar-refractivity contribution in [1.29, 1.82) is 0 Å². The van der Waals surface area contributed by atoms with E-state index in [2.05, 4.69) is 5.32 Å². The number of hydrogen-bond acceptors (Lipinski definition) is 3. The normalized spacial score (nSPS) is 18.4. The Kier molecular flexibility index (Phi) is 5.71. The van der Waals surface area contributed by atoms with E-state index in [-0.39, 0.29) is 24.3 Å². The summed E-state index contributed by atoms with van der Waals surface area (Å²) in [7, 11) is 0. The Morgan fingerprint density at radius 1 is 0.808 bits per heavy atom. The summed E-state index contributed by atoms with van der Waals surface area (Å²) in [5, 5.41) is 3.40. The maximum absolute atomic E-state index is 13.1. The van der Waals surface area contributed by atoms with Gasteiger partial charge in [0, 0.05) is 6.54 Å². The maximum atomic E-state index is 13.1. The molecule has 1 N–H and O–H groups in total. The first-order valence-corrected chi connectivity index (χ1v) is 8.45. The van der Waals surface area contributed by atoms with Crippen molar-refractivity contribution in [2.45, 2.75) is 18.7 Å². The molecule has 132 valence electrons. The van der Waals surface area contributed by atoms with Gasteiger partial charge in [-0.2, -0.15) is 0 Å². The minimum absolute atomic E-state index is 0. The van der Waals surface area contributed by atoms with Crippen molar-refractivity contribution in [1.82, 2.24) is 5.32 Å². The average molecular weight is 366 g/mol. The number of carbonyl (C=O) groups is 1. The number of ketones is 1. The van der Waals surface area contributed by atoms with Crippen molar-refractivity contribution >= 4 is 18.2 Å². The number of fused-ring (bicyclic) bond motifs is 1. The first kappa shape index (κ1) is 18.2. The third-order valence-electron chi connectivity index (χ3n) is 4.49. The van der Waals surface area contributed by atoms with E-state index in [4.69, 9.17) is 4.74 Å². The van der Waals surface area contributed by atoms with Gasteiger partial charge in [0.1, 0.15) is 17.9 Å². The molecule has 4 rings (SSSR count). The van der Waals surface area contributed by atoms with E-state index in [1.807, 2.05) is 84.9 Å². The Morgan fingerprint density at radius 3 is 2.15 bits per heavy atom. The van der Waals surface area contributed by atoms with Gasteiger partial charge in [0.15, 0.2) is 5.78 Å². The second-order valence-electron chi connectivity index (χ2n) is 6.15. The zero-order valence-corrected chi connectivity index (χ0v) is 15.0. The summed E-state index contributed by atoms with van der Waals surface area (Å²) in [6, 6.07) is 27.0. The standard InChI is InChI=1S/C22H19NO2.ClH/c24-21-18-13-7-8-14-19(18)25-22(17-11-5-2-6-12-17)20(21)23-15-16-9-3-1-4-10-16;/h1-14,20,22-23H,15H2;1H. The summed E-state index contributed by atoms with van der Waals surface area (Å²) in [4.78, 5) is 13.1. The van der Waals surface area contributed by atoms with Gasteiger partial charge in [0.2, 0.25) is 0 Å². The van der Waals surface area contributed by atoms with Crippen LogP contribution in [0.15, 0.2) is 84.9 Å². The van der Waals surface area contributed by atoms with E-state index in [1.165, 1.54) is 0 Å². The molecule has 0 saturated carbocycles. The van der Waals surface area contributed by atoms with Crippen LogP contribution in [0.5, 0.6) is 5.75 Å². The molecule has 2 unspecified atom stereocenters. The van der Waals surface area contributed by atoms with Gasteiger partial charge in [-0.3, -0.25) is 10.1 Å². The van der Waals surface area contributed by atoms with Crippen LogP contribution in [0.1, 0.15) is 27.6 Å². The largest absolute Gasteiger partial charge is 0.483 e. The van der Waals surface area contributed by atoms with Gasteiger partial charge in [-0.05, 0) is 23.3 Å². The topological polar surface area (TPSA) is 38.3 Å². The molecule has 3 nitrogen and oxygen atoms in total. The summed E-state index contributed by atoms with van der Waals surface area (Å²) in [6.07, 6.45) is -0.340. The van der Waals surface area contributed by atoms with Gasteiger partial charge in [0.05, 0.1) is 5.56 Å². The molecule has 1 aliphatic heterocycles. The summed E-state index contributed by atoms with van der Waals surface area (Å²) in [5.41, 5.74) is 2.78. The van der Waals surface area contributed by atoms with Gasteiger partial charge in [-0.25, -0.2) is 0 Å². The molecule has 0 radical (unpaired) electrons. The van der Waals surface area contributed by atoms with E-state index < -0.39 is 6.04 Å². The van der Waals surface area contributed by atoms with Crippen LogP contribution in [0.3, 0.4) is 0 Å². The molecule has 0 aliphatic carbocycles. The number of benzene rings is 3. The number of para-hydroxylation sites is 1. The van der Waals surface area contributed by atoms with Crippen LogP contribution in [-0.4, -0.2) is 11.8 Å². The number of hydrogen-bond donors (Lipinski definition) is 1. The van der Waals surface area contributed by atoms with Gasteiger partial charge >= 0.3 is 0 Å². The summed E-state index contributed by atoms with van der Waals surface area (Å²) in [5.74, 6) is 0.728. The lowest BCUT2D eigenvalue weighted by Crippen LogP contribution is -2.46. The molecule has 1 aliphatic rings. The van der Waals surface area contributed by atoms with Crippen LogP contribution in [0, 0.1) is 0 Å². The minimum atomic E-state index is -0.419. The van der Waals surface area contributed by atoms with Crippen molar-refractivity contribution < 1.29 is 9.53 Å². The molecular formula is C22H20ClNO2. The Labute approximate surface area is 159 Å². The summed E-state index contributed by atoms with van der Waals surface area (Å²) < 4.78 is 6.21. The predicted molar refractivity (Wildman–Crippen MR) is 105 cm³/mol. The first-order valence-electron chi connectivity index (χ1n) is 8.45. The Hall–Kier alpha value is -2.62. The Morgan fingerprint density at radius 2 is 1.42 bits per heavy atom. The molecule has 3 aromatic carbocycles. The molecule has 0 fully saturated rings. The van der Waals surface area contributed by atoms with E-state index in [0.29, 0.717) is 17.9 Å². The highest BCUT2D eigenvalue weighted by molar-refractivity contribution is 6.03. The Balaban J connectivity index is 0.00000196. The number of carbonyl (C=O) groups excluding carboxylic acids is 1. The molecule has 2 atom stereocenters. The van der Waals surface area contributed by atoms with Crippen molar-refractivity contribution in [3.63, 3.8) is 0 Å². The van der Waals surface area contributed by atoms with E-state index >= 15 is 0 Å². The quantitative estimate of drug-likeness (QED) is 0.735. The fourth-order valence-electron chi connectivity index (χ4n) is 3.21. The number of halogens is 1. The minimum Gasteiger partial charge on any atom is -0.483 e. The van der Waals surface area contributed by atoms with E-state index in [0.717, 1.165) is 11.1 Å². The molecule has 0 saturated heterocycles. The lowest BCUT2D eigenvalue weighted by molar-refractivity contribution is 0.0732. The van der Waals surface area contributed by atoms with Crippen LogP contribution in [0.4, 0.5) is 0 Å². The monoisotopic (exact) mass is 365 g/mol. The van der Waals surface area contributed by atoms with Crippen LogP contribution in [0.2, 0.25) is 0 Å². The predicted octanol–water partition coefficient (Wildman–Crippen LogP) is 4.58. The van der Waals surface area contributed by atoms with Gasteiger partial charge in [-0.15, -0.1) is 12.4 Å². The smallest absolute Gasteiger partial charge is 0.187 e. The first-order chi connectivity index (χ1) is 12.3. The zero-order valence-electron chi connectivity index (χ0n) is 14.2. The summed E-state index contributed by atoms with van der Waals surface area (Å²) in [6.45, 7) is 0.617. The van der Waals surface area contributed by atoms with Crippen LogP contribution in [-0.2, 0) is 6.54 Å². The number of nitrogens with one attached hydrogen (secondary N) is 1. The molecule has 0 aromatic heterocycles. The third-order valence-corrected chi connectivity index (χ3v) is 4.49. The number of Topliss-reactive ketones (excluding diaryl/α,β-unsaturated/α-hetero) is 1. The third kappa shape index (κ3) is 3.64. The fraction of sp³-hybridized carbons (Fsp3) is 0.136. The fourth-order valence-corrected chi connectivity index (χ4v) is 3.21. The zero-order chi connectivity index (χ0) is 17.1. The van der Waals surface area contributed by atoms with Gasteiger partial charge in [0.25, 0.3) is 0 Å². The second-order valence-corrected chi connectivity index (χ2v) is 6.15. The lowest BCUT2D eigenvalue weighted by Gasteiger charge is -2.33. The van der Waals surface area contributed by atoms with E-state index in [1.54, 1.807) is 0 Å². The average Bonchev–Trinajstić information content (AvgIpc) is 2.69. The van der Waals surface area contributed by atoms with Crippen molar-refractivity contribution in [3.8, 4) is 5.75 Å². The van der Waals surface area contributed by atoms with Crippen LogP contribution >= 0.6 is 12.4 Å². The summed E-state index contributed by atoms with van der Waals surface area (Å²) >= 11 is 0. The SMILES string of the molecule is Cl.O=C1c2ccccc2OC(c2ccccc2)C1NCc1ccccc1. The molecule has 4 heteroatoms. The highest BCUT2D eigenvalue weighted by Gasteiger charge is 2.37. The van der Waals surface area contributed by atoms with Crippen LogP contribution in [0.25, 0.3) is 0 Å². The molecule has 1 heterocycles. The van der Waals surface area contributed by atoms with Crippen molar-refractivity contribution in [3.05, 3.63) is 102 Å². The van der Waals surface area contributed by atoms with Crippen molar-refractivity contribution in [2.75, 3.05) is 0 Å². The molecular weight excluding hydrogens is 346 g/mol. The molecule has 0 spiro atoms. The highest BCUT2D eigenvalue weighted by Crippen LogP contribution is 2.35. The van der Waals surface area contributed by atoms with Gasteiger partial charge < -0.3 is 4.74 Å². The highest BCUT2D eigenvalue weighted by atomic mass is 35.5. The van der Waals surface area contributed by atoms with E-state index in [9.17, 15) is 4.79 Å². The molecule has 0 bridgehead atoms. The van der Waals surface area contributed by atoms with Crippen LogP contribution < -0.4 is 10.1 Å². The molecule has 0 amide bonds.